The summed E-state index contributed by atoms with van der Waals surface area (Å²) in [5, 5.41) is 18.2. The van der Waals surface area contributed by atoms with Crippen LogP contribution in [0.25, 0.3) is 17.0 Å². The van der Waals surface area contributed by atoms with Crippen LogP contribution in [0.2, 0.25) is 0 Å². The van der Waals surface area contributed by atoms with Crippen LogP contribution >= 0.6 is 0 Å². The zero-order valence-electron chi connectivity index (χ0n) is 14.2. The summed E-state index contributed by atoms with van der Waals surface area (Å²) < 4.78 is 1.61. The number of carbonyl (C=O) groups is 1. The summed E-state index contributed by atoms with van der Waals surface area (Å²) in [7, 11) is 1.78. The largest absolute Gasteiger partial charge is 0.383 e. The van der Waals surface area contributed by atoms with Crippen molar-refractivity contribution >= 4 is 22.9 Å². The van der Waals surface area contributed by atoms with E-state index in [0.717, 1.165) is 16.5 Å². The standard InChI is InChI=1S/C19H20N4O2/c1-19(25,15-11-22-23(2)12-15)13-21-18(24)8-7-14-9-10-20-17-6-4-3-5-16(14)17/h3-12,25H,13H2,1-2H3,(H,21,24). The third kappa shape index (κ3) is 3.92. The molecular formula is C19H20N4O2. The summed E-state index contributed by atoms with van der Waals surface area (Å²) in [6.45, 7) is 1.74. The lowest BCUT2D eigenvalue weighted by Gasteiger charge is -2.21. The van der Waals surface area contributed by atoms with Crippen LogP contribution in [-0.2, 0) is 17.4 Å². The summed E-state index contributed by atoms with van der Waals surface area (Å²) in [6.07, 6.45) is 8.24. The average molecular weight is 336 g/mol. The fourth-order valence-corrected chi connectivity index (χ4v) is 2.55. The average Bonchev–Trinajstić information content (AvgIpc) is 3.05. The number of para-hydroxylation sites is 1. The van der Waals surface area contributed by atoms with Gasteiger partial charge in [0.1, 0.15) is 5.60 Å². The van der Waals surface area contributed by atoms with Gasteiger partial charge >= 0.3 is 0 Å². The monoisotopic (exact) mass is 336 g/mol. The first kappa shape index (κ1) is 16.9. The zero-order chi connectivity index (χ0) is 17.9. The van der Waals surface area contributed by atoms with Gasteiger partial charge in [-0.25, -0.2) is 0 Å². The van der Waals surface area contributed by atoms with Crippen molar-refractivity contribution in [3.63, 3.8) is 0 Å². The number of rotatable bonds is 5. The molecule has 2 aromatic heterocycles. The van der Waals surface area contributed by atoms with Crippen LogP contribution < -0.4 is 5.32 Å². The summed E-state index contributed by atoms with van der Waals surface area (Å²) in [6, 6.07) is 9.62. The van der Waals surface area contributed by atoms with Crippen LogP contribution in [0, 0.1) is 0 Å². The number of hydrogen-bond donors (Lipinski definition) is 2. The predicted octanol–water partition coefficient (Wildman–Crippen LogP) is 2.01. The lowest BCUT2D eigenvalue weighted by molar-refractivity contribution is -0.117. The first-order valence-electron chi connectivity index (χ1n) is 7.97. The zero-order valence-corrected chi connectivity index (χ0v) is 14.2. The maximum Gasteiger partial charge on any atom is 0.244 e. The van der Waals surface area contributed by atoms with E-state index in [-0.39, 0.29) is 12.5 Å². The summed E-state index contributed by atoms with van der Waals surface area (Å²) in [5.41, 5.74) is 1.27. The number of aromatic nitrogens is 3. The maximum atomic E-state index is 12.1. The van der Waals surface area contributed by atoms with Crippen molar-refractivity contribution in [3.8, 4) is 0 Å². The van der Waals surface area contributed by atoms with Crippen molar-refractivity contribution in [1.82, 2.24) is 20.1 Å². The highest BCUT2D eigenvalue weighted by molar-refractivity contribution is 5.95. The van der Waals surface area contributed by atoms with Gasteiger partial charge in [0.25, 0.3) is 0 Å². The molecule has 1 unspecified atom stereocenters. The molecule has 0 spiro atoms. The van der Waals surface area contributed by atoms with Gasteiger partial charge in [-0.1, -0.05) is 18.2 Å². The molecule has 3 aromatic rings. The van der Waals surface area contributed by atoms with E-state index < -0.39 is 5.60 Å². The number of aryl methyl sites for hydroxylation is 1. The molecule has 6 heteroatoms. The summed E-state index contributed by atoms with van der Waals surface area (Å²) >= 11 is 0. The number of aliphatic hydroxyl groups is 1. The van der Waals surface area contributed by atoms with Crippen molar-refractivity contribution in [1.29, 1.82) is 0 Å². The third-order valence-electron chi connectivity index (χ3n) is 4.03. The SMILES string of the molecule is Cn1cc(C(C)(O)CNC(=O)C=Cc2ccnc3ccccc23)cn1. The Labute approximate surface area is 145 Å². The topological polar surface area (TPSA) is 80.0 Å². The van der Waals surface area contributed by atoms with Crippen molar-refractivity contribution in [3.05, 3.63) is 66.1 Å². The molecule has 3 rings (SSSR count). The van der Waals surface area contributed by atoms with E-state index in [1.165, 1.54) is 6.08 Å². The van der Waals surface area contributed by atoms with Crippen LogP contribution in [0.1, 0.15) is 18.1 Å². The van der Waals surface area contributed by atoms with E-state index in [9.17, 15) is 9.90 Å². The number of nitrogens with one attached hydrogen (secondary N) is 1. The van der Waals surface area contributed by atoms with Crippen LogP contribution in [0.4, 0.5) is 0 Å². The van der Waals surface area contributed by atoms with Gasteiger partial charge in [0.05, 0.1) is 18.3 Å². The lowest BCUT2D eigenvalue weighted by atomic mass is 10.00. The fourth-order valence-electron chi connectivity index (χ4n) is 2.55. The van der Waals surface area contributed by atoms with Gasteiger partial charge in [-0.3, -0.25) is 14.5 Å². The molecule has 0 saturated heterocycles. The molecule has 1 aromatic carbocycles. The van der Waals surface area contributed by atoms with E-state index in [1.807, 2.05) is 30.3 Å². The van der Waals surface area contributed by atoms with Gasteiger partial charge in [-0.2, -0.15) is 5.10 Å². The second-order valence-corrected chi connectivity index (χ2v) is 6.14. The van der Waals surface area contributed by atoms with Crippen molar-refractivity contribution < 1.29 is 9.90 Å². The first-order chi connectivity index (χ1) is 12.0. The number of amides is 1. The first-order valence-corrected chi connectivity index (χ1v) is 7.97. The summed E-state index contributed by atoms with van der Waals surface area (Å²) in [4.78, 5) is 16.4. The van der Waals surface area contributed by atoms with E-state index in [1.54, 1.807) is 43.3 Å². The maximum absolute atomic E-state index is 12.1. The molecule has 0 aliphatic heterocycles. The molecule has 2 heterocycles. The van der Waals surface area contributed by atoms with Crippen LogP contribution in [-0.4, -0.2) is 32.3 Å². The smallest absolute Gasteiger partial charge is 0.244 e. The van der Waals surface area contributed by atoms with Crippen LogP contribution in [0.3, 0.4) is 0 Å². The highest BCUT2D eigenvalue weighted by Crippen LogP contribution is 2.19. The Morgan fingerprint density at radius 1 is 1.36 bits per heavy atom. The van der Waals surface area contributed by atoms with Gasteiger partial charge in [-0.15, -0.1) is 0 Å². The normalized spacial score (nSPS) is 13.9. The highest BCUT2D eigenvalue weighted by atomic mass is 16.3. The van der Waals surface area contributed by atoms with E-state index in [2.05, 4.69) is 15.4 Å². The second kappa shape index (κ2) is 6.86. The molecule has 25 heavy (non-hydrogen) atoms. The summed E-state index contributed by atoms with van der Waals surface area (Å²) in [5.74, 6) is -0.273. The van der Waals surface area contributed by atoms with Crippen molar-refractivity contribution in [2.45, 2.75) is 12.5 Å². The molecule has 0 fully saturated rings. The molecule has 1 amide bonds. The molecule has 6 nitrogen and oxygen atoms in total. The van der Waals surface area contributed by atoms with Gasteiger partial charge in [-0.05, 0) is 30.7 Å². The van der Waals surface area contributed by atoms with Gasteiger partial charge in [0.2, 0.25) is 5.91 Å². The Morgan fingerprint density at radius 2 is 2.16 bits per heavy atom. The minimum absolute atomic E-state index is 0.0962. The Bertz CT molecular complexity index is 923. The van der Waals surface area contributed by atoms with Gasteiger partial charge in [0.15, 0.2) is 0 Å². The molecule has 2 N–H and O–H groups in total. The van der Waals surface area contributed by atoms with Crippen molar-refractivity contribution in [2.24, 2.45) is 7.05 Å². The number of carbonyl (C=O) groups excluding carboxylic acids is 1. The molecule has 1 atom stereocenters. The predicted molar refractivity (Wildman–Crippen MR) is 96.6 cm³/mol. The van der Waals surface area contributed by atoms with Crippen LogP contribution in [0.5, 0.6) is 0 Å². The molecular weight excluding hydrogens is 316 g/mol. The fraction of sp³-hybridized carbons (Fsp3) is 0.211. The van der Waals surface area contributed by atoms with E-state index in [4.69, 9.17) is 0 Å². The van der Waals surface area contributed by atoms with Crippen molar-refractivity contribution in [2.75, 3.05) is 6.54 Å². The molecule has 0 saturated carbocycles. The number of fused-ring (bicyclic) bond motifs is 1. The number of pyridine rings is 1. The van der Waals surface area contributed by atoms with Gasteiger partial charge in [0, 0.05) is 36.5 Å². The second-order valence-electron chi connectivity index (χ2n) is 6.14. The number of hydrogen-bond acceptors (Lipinski definition) is 4. The van der Waals surface area contributed by atoms with Gasteiger partial charge < -0.3 is 10.4 Å². The quantitative estimate of drug-likeness (QED) is 0.699. The van der Waals surface area contributed by atoms with Crippen LogP contribution in [0.15, 0.2) is 55.0 Å². The Morgan fingerprint density at radius 3 is 2.92 bits per heavy atom. The lowest BCUT2D eigenvalue weighted by Crippen LogP contribution is -2.37. The third-order valence-corrected chi connectivity index (χ3v) is 4.03. The minimum Gasteiger partial charge on any atom is -0.383 e. The molecule has 0 aliphatic rings. The van der Waals surface area contributed by atoms with E-state index >= 15 is 0 Å². The molecule has 0 aliphatic carbocycles. The highest BCUT2D eigenvalue weighted by Gasteiger charge is 2.24. The molecule has 0 bridgehead atoms. The number of benzene rings is 1. The molecule has 128 valence electrons. The Balaban J connectivity index is 1.67. The Hall–Kier alpha value is -2.99. The Kier molecular flexibility index (Phi) is 4.63. The van der Waals surface area contributed by atoms with E-state index in [0.29, 0.717) is 5.56 Å². The number of nitrogens with zero attached hydrogens (tertiary/aromatic N) is 3. The minimum atomic E-state index is -1.18. The molecule has 0 radical (unpaired) electrons.